The van der Waals surface area contributed by atoms with Gasteiger partial charge in [-0.1, -0.05) is 30.3 Å². The summed E-state index contributed by atoms with van der Waals surface area (Å²) in [5.41, 5.74) is 6.27. The van der Waals surface area contributed by atoms with Crippen molar-refractivity contribution < 1.29 is 14.6 Å². The second-order valence-electron chi connectivity index (χ2n) is 5.18. The van der Waals surface area contributed by atoms with E-state index in [0.29, 0.717) is 13.2 Å². The van der Waals surface area contributed by atoms with Crippen LogP contribution in [0.2, 0.25) is 0 Å². The number of aliphatic hydroxyl groups is 1. The van der Waals surface area contributed by atoms with Crippen LogP contribution in [-0.2, 0) is 15.0 Å². The first kappa shape index (κ1) is 14.5. The SMILES string of the molecule is NC(CO)(COCC1CCCCO1)c1ccccc1. The molecular weight excluding hydrogens is 242 g/mol. The first-order valence-electron chi connectivity index (χ1n) is 6.89. The summed E-state index contributed by atoms with van der Waals surface area (Å²) in [6.07, 6.45) is 3.55. The van der Waals surface area contributed by atoms with Gasteiger partial charge in [0.2, 0.25) is 0 Å². The number of benzene rings is 1. The minimum Gasteiger partial charge on any atom is -0.394 e. The molecule has 2 unspecified atom stereocenters. The molecule has 0 aliphatic carbocycles. The fraction of sp³-hybridized carbons (Fsp3) is 0.600. The molecule has 1 heterocycles. The Labute approximate surface area is 114 Å². The molecule has 3 N–H and O–H groups in total. The summed E-state index contributed by atoms with van der Waals surface area (Å²) in [5, 5.41) is 9.54. The van der Waals surface area contributed by atoms with E-state index in [0.717, 1.165) is 25.0 Å². The van der Waals surface area contributed by atoms with Crippen LogP contribution in [0.5, 0.6) is 0 Å². The quantitative estimate of drug-likeness (QED) is 0.816. The molecule has 106 valence electrons. The summed E-state index contributed by atoms with van der Waals surface area (Å²) in [6, 6.07) is 9.58. The van der Waals surface area contributed by atoms with Gasteiger partial charge in [-0.05, 0) is 24.8 Å². The Morgan fingerprint density at radius 1 is 1.32 bits per heavy atom. The molecule has 1 aliphatic rings. The molecule has 0 bridgehead atoms. The summed E-state index contributed by atoms with van der Waals surface area (Å²) in [4.78, 5) is 0. The molecule has 0 spiro atoms. The van der Waals surface area contributed by atoms with Crippen LogP contribution in [0.4, 0.5) is 0 Å². The van der Waals surface area contributed by atoms with Gasteiger partial charge in [-0.3, -0.25) is 0 Å². The van der Waals surface area contributed by atoms with Gasteiger partial charge in [0, 0.05) is 6.61 Å². The maximum Gasteiger partial charge on any atom is 0.0881 e. The third kappa shape index (κ3) is 4.01. The Bertz CT molecular complexity index is 365. The van der Waals surface area contributed by atoms with E-state index in [1.807, 2.05) is 30.3 Å². The minimum absolute atomic E-state index is 0.136. The van der Waals surface area contributed by atoms with Crippen molar-refractivity contribution in [2.75, 3.05) is 26.4 Å². The molecule has 1 aromatic carbocycles. The molecular formula is C15H23NO3. The molecule has 4 heteroatoms. The Balaban J connectivity index is 1.85. The summed E-state index contributed by atoms with van der Waals surface area (Å²) >= 11 is 0. The first-order valence-corrected chi connectivity index (χ1v) is 6.89. The maximum atomic E-state index is 9.54. The van der Waals surface area contributed by atoms with Crippen molar-refractivity contribution >= 4 is 0 Å². The van der Waals surface area contributed by atoms with E-state index in [1.54, 1.807) is 0 Å². The molecule has 0 saturated carbocycles. The largest absolute Gasteiger partial charge is 0.394 e. The highest BCUT2D eigenvalue weighted by atomic mass is 16.5. The van der Waals surface area contributed by atoms with Crippen LogP contribution in [0.25, 0.3) is 0 Å². The van der Waals surface area contributed by atoms with Crippen LogP contribution in [0.15, 0.2) is 30.3 Å². The Kier molecular flexibility index (Phi) is 5.34. The van der Waals surface area contributed by atoms with Gasteiger partial charge in [-0.25, -0.2) is 0 Å². The van der Waals surface area contributed by atoms with Crippen molar-refractivity contribution in [3.05, 3.63) is 35.9 Å². The Morgan fingerprint density at radius 2 is 2.11 bits per heavy atom. The van der Waals surface area contributed by atoms with Gasteiger partial charge in [0.15, 0.2) is 0 Å². The zero-order valence-electron chi connectivity index (χ0n) is 11.3. The topological polar surface area (TPSA) is 64.7 Å². The van der Waals surface area contributed by atoms with Gasteiger partial charge in [0.25, 0.3) is 0 Å². The lowest BCUT2D eigenvalue weighted by atomic mass is 9.93. The monoisotopic (exact) mass is 265 g/mol. The van der Waals surface area contributed by atoms with Gasteiger partial charge in [0.05, 0.1) is 31.5 Å². The van der Waals surface area contributed by atoms with E-state index in [4.69, 9.17) is 15.2 Å². The van der Waals surface area contributed by atoms with E-state index in [9.17, 15) is 5.11 Å². The zero-order valence-corrected chi connectivity index (χ0v) is 11.3. The Morgan fingerprint density at radius 3 is 2.74 bits per heavy atom. The summed E-state index contributed by atoms with van der Waals surface area (Å²) in [5.74, 6) is 0. The van der Waals surface area contributed by atoms with Crippen LogP contribution < -0.4 is 5.73 Å². The molecule has 2 rings (SSSR count). The number of nitrogens with two attached hydrogens (primary N) is 1. The van der Waals surface area contributed by atoms with Crippen LogP contribution in [0.1, 0.15) is 24.8 Å². The highest BCUT2D eigenvalue weighted by Crippen LogP contribution is 2.19. The number of rotatable bonds is 6. The fourth-order valence-electron chi connectivity index (χ4n) is 2.30. The highest BCUT2D eigenvalue weighted by Gasteiger charge is 2.27. The van der Waals surface area contributed by atoms with Crippen molar-refractivity contribution in [2.24, 2.45) is 5.73 Å². The Hall–Kier alpha value is -0.940. The third-order valence-corrected chi connectivity index (χ3v) is 3.57. The maximum absolute atomic E-state index is 9.54. The second-order valence-corrected chi connectivity index (χ2v) is 5.18. The molecule has 1 aromatic rings. The lowest BCUT2D eigenvalue weighted by molar-refractivity contribution is -0.0539. The molecule has 1 aliphatic heterocycles. The van der Waals surface area contributed by atoms with Crippen molar-refractivity contribution in [3.63, 3.8) is 0 Å². The zero-order chi connectivity index (χ0) is 13.6. The van der Waals surface area contributed by atoms with Crippen LogP contribution in [-0.4, -0.2) is 37.6 Å². The standard InChI is InChI=1S/C15H23NO3/c16-15(11-17,13-6-2-1-3-7-13)12-18-10-14-8-4-5-9-19-14/h1-3,6-7,14,17H,4-5,8-12,16H2. The van der Waals surface area contributed by atoms with Gasteiger partial charge in [-0.15, -0.1) is 0 Å². The van der Waals surface area contributed by atoms with E-state index in [2.05, 4.69) is 0 Å². The van der Waals surface area contributed by atoms with Crippen molar-refractivity contribution in [3.8, 4) is 0 Å². The molecule has 1 saturated heterocycles. The minimum atomic E-state index is -0.837. The molecule has 0 aromatic heterocycles. The average molecular weight is 265 g/mol. The molecule has 0 amide bonds. The molecule has 0 radical (unpaired) electrons. The number of aliphatic hydroxyl groups excluding tert-OH is 1. The predicted octanol–water partition coefficient (Wildman–Crippen LogP) is 1.42. The predicted molar refractivity (Wildman–Crippen MR) is 73.8 cm³/mol. The molecule has 19 heavy (non-hydrogen) atoms. The van der Waals surface area contributed by atoms with Crippen molar-refractivity contribution in [1.29, 1.82) is 0 Å². The second kappa shape index (κ2) is 7.01. The van der Waals surface area contributed by atoms with Crippen molar-refractivity contribution in [1.82, 2.24) is 0 Å². The summed E-state index contributed by atoms with van der Waals surface area (Å²) in [7, 11) is 0. The lowest BCUT2D eigenvalue weighted by Gasteiger charge is -2.29. The first-order chi connectivity index (χ1) is 9.24. The fourth-order valence-corrected chi connectivity index (χ4v) is 2.30. The van der Waals surface area contributed by atoms with Crippen molar-refractivity contribution in [2.45, 2.75) is 30.9 Å². The number of ether oxygens (including phenoxy) is 2. The summed E-state index contributed by atoms with van der Waals surface area (Å²) in [6.45, 7) is 1.53. The molecule has 2 atom stereocenters. The van der Waals surface area contributed by atoms with Gasteiger partial charge < -0.3 is 20.3 Å². The smallest absolute Gasteiger partial charge is 0.0881 e. The lowest BCUT2D eigenvalue weighted by Crippen LogP contribution is -2.45. The van der Waals surface area contributed by atoms with Gasteiger partial charge >= 0.3 is 0 Å². The van der Waals surface area contributed by atoms with Gasteiger partial charge in [0.1, 0.15) is 0 Å². The molecule has 4 nitrogen and oxygen atoms in total. The number of hydrogen-bond donors (Lipinski definition) is 2. The van der Waals surface area contributed by atoms with E-state index in [1.165, 1.54) is 6.42 Å². The average Bonchev–Trinajstić information content (AvgIpc) is 2.49. The highest BCUT2D eigenvalue weighted by molar-refractivity contribution is 5.24. The van der Waals surface area contributed by atoms with Crippen LogP contribution in [0.3, 0.4) is 0 Å². The third-order valence-electron chi connectivity index (χ3n) is 3.57. The summed E-state index contributed by atoms with van der Waals surface area (Å²) < 4.78 is 11.3. The molecule has 1 fully saturated rings. The van der Waals surface area contributed by atoms with E-state index in [-0.39, 0.29) is 12.7 Å². The normalized spacial score (nSPS) is 22.9. The van der Waals surface area contributed by atoms with Crippen LogP contribution in [0, 0.1) is 0 Å². The van der Waals surface area contributed by atoms with Crippen LogP contribution >= 0.6 is 0 Å². The van der Waals surface area contributed by atoms with E-state index < -0.39 is 5.54 Å². The number of hydrogen-bond acceptors (Lipinski definition) is 4. The van der Waals surface area contributed by atoms with E-state index >= 15 is 0 Å². The van der Waals surface area contributed by atoms with Gasteiger partial charge in [-0.2, -0.15) is 0 Å².